The number of hydrogen-bond acceptors (Lipinski definition) is 2. The molecule has 0 fully saturated rings. The van der Waals surface area contributed by atoms with Gasteiger partial charge in [0.2, 0.25) is 0 Å². The molecule has 2 nitrogen and oxygen atoms in total. The van der Waals surface area contributed by atoms with E-state index >= 15 is 0 Å². The lowest BCUT2D eigenvalue weighted by atomic mass is 10.0. The second-order valence-electron chi connectivity index (χ2n) is 5.49. The Hall–Kier alpha value is -1.07. The summed E-state index contributed by atoms with van der Waals surface area (Å²) >= 11 is 0. The molecule has 1 aromatic rings. The van der Waals surface area contributed by atoms with Gasteiger partial charge in [-0.25, -0.2) is 0 Å². The molecule has 1 aromatic carbocycles. The van der Waals surface area contributed by atoms with Crippen molar-refractivity contribution in [2.24, 2.45) is 0 Å². The Kier molecular flexibility index (Phi) is 7.18. The summed E-state index contributed by atoms with van der Waals surface area (Å²) in [5.41, 5.74) is 1.12. The first-order valence-corrected chi connectivity index (χ1v) is 7.42. The Morgan fingerprint density at radius 2 is 1.76 bits per heavy atom. The van der Waals surface area contributed by atoms with Gasteiger partial charge in [-0.05, 0) is 32.4 Å². The standard InChI is InChI=1S/C16H25F3N2/c1-4-20-15(14-8-6-5-7-9-14)10-11-21(13(2)3)12-16(17,18)19/h5-9,13,15,20H,4,10-12H2,1-3H3. The van der Waals surface area contributed by atoms with Gasteiger partial charge in [0.1, 0.15) is 0 Å². The van der Waals surface area contributed by atoms with Crippen LogP contribution in [0, 0.1) is 0 Å². The molecule has 0 saturated carbocycles. The Labute approximate surface area is 125 Å². The highest BCUT2D eigenvalue weighted by Gasteiger charge is 2.31. The summed E-state index contributed by atoms with van der Waals surface area (Å²) in [4.78, 5) is 1.48. The van der Waals surface area contributed by atoms with E-state index in [4.69, 9.17) is 0 Å². The first-order valence-electron chi connectivity index (χ1n) is 7.42. The molecule has 0 bridgehead atoms. The molecular formula is C16H25F3N2. The Balaban J connectivity index is 2.66. The fraction of sp³-hybridized carbons (Fsp3) is 0.625. The van der Waals surface area contributed by atoms with Crippen molar-refractivity contribution in [1.82, 2.24) is 10.2 Å². The fourth-order valence-electron chi connectivity index (χ4n) is 2.36. The van der Waals surface area contributed by atoms with E-state index in [1.165, 1.54) is 4.90 Å². The first kappa shape index (κ1) is 18.0. The maximum Gasteiger partial charge on any atom is 0.401 e. The van der Waals surface area contributed by atoms with Crippen molar-refractivity contribution in [1.29, 1.82) is 0 Å². The number of rotatable bonds is 8. The molecule has 1 N–H and O–H groups in total. The van der Waals surface area contributed by atoms with E-state index in [1.807, 2.05) is 37.3 Å². The number of nitrogens with one attached hydrogen (secondary N) is 1. The molecule has 0 amide bonds. The largest absolute Gasteiger partial charge is 0.401 e. The number of benzene rings is 1. The molecule has 120 valence electrons. The van der Waals surface area contributed by atoms with E-state index in [-0.39, 0.29) is 12.1 Å². The van der Waals surface area contributed by atoms with E-state index in [1.54, 1.807) is 13.8 Å². The van der Waals surface area contributed by atoms with Crippen LogP contribution in [0.4, 0.5) is 13.2 Å². The van der Waals surface area contributed by atoms with Crippen LogP contribution in [0.5, 0.6) is 0 Å². The lowest BCUT2D eigenvalue weighted by Gasteiger charge is -2.29. The summed E-state index contributed by atoms with van der Waals surface area (Å²) < 4.78 is 37.8. The van der Waals surface area contributed by atoms with Crippen molar-refractivity contribution in [3.05, 3.63) is 35.9 Å². The van der Waals surface area contributed by atoms with Gasteiger partial charge in [0.15, 0.2) is 0 Å². The van der Waals surface area contributed by atoms with Crippen LogP contribution in [-0.2, 0) is 0 Å². The van der Waals surface area contributed by atoms with Crippen LogP contribution in [-0.4, -0.2) is 36.8 Å². The molecule has 1 rings (SSSR count). The van der Waals surface area contributed by atoms with Crippen LogP contribution in [0.15, 0.2) is 30.3 Å². The quantitative estimate of drug-likeness (QED) is 0.781. The molecule has 0 aliphatic rings. The van der Waals surface area contributed by atoms with Crippen molar-refractivity contribution in [3.63, 3.8) is 0 Å². The van der Waals surface area contributed by atoms with Crippen molar-refractivity contribution >= 4 is 0 Å². The van der Waals surface area contributed by atoms with Crippen LogP contribution in [0.1, 0.15) is 38.8 Å². The minimum Gasteiger partial charge on any atom is -0.310 e. The zero-order valence-electron chi connectivity index (χ0n) is 13.0. The SMILES string of the molecule is CCNC(CCN(CC(F)(F)F)C(C)C)c1ccccc1. The van der Waals surface area contributed by atoms with Gasteiger partial charge >= 0.3 is 6.18 Å². The van der Waals surface area contributed by atoms with Gasteiger partial charge in [-0.1, -0.05) is 37.3 Å². The lowest BCUT2D eigenvalue weighted by Crippen LogP contribution is -2.40. The van der Waals surface area contributed by atoms with Gasteiger partial charge in [-0.2, -0.15) is 13.2 Å². The zero-order valence-corrected chi connectivity index (χ0v) is 13.0. The third-order valence-electron chi connectivity index (χ3n) is 3.47. The highest BCUT2D eigenvalue weighted by molar-refractivity contribution is 5.18. The molecule has 5 heteroatoms. The highest BCUT2D eigenvalue weighted by Crippen LogP contribution is 2.21. The van der Waals surface area contributed by atoms with Crippen LogP contribution in [0.2, 0.25) is 0 Å². The fourth-order valence-corrected chi connectivity index (χ4v) is 2.36. The summed E-state index contributed by atoms with van der Waals surface area (Å²) in [5, 5.41) is 3.35. The van der Waals surface area contributed by atoms with Gasteiger partial charge in [0.05, 0.1) is 6.54 Å². The van der Waals surface area contributed by atoms with Gasteiger partial charge in [0.25, 0.3) is 0 Å². The summed E-state index contributed by atoms with van der Waals surface area (Å²) in [6, 6.07) is 9.84. The molecule has 0 heterocycles. The molecule has 0 aromatic heterocycles. The van der Waals surface area contributed by atoms with Crippen molar-refractivity contribution in [2.75, 3.05) is 19.6 Å². The summed E-state index contributed by atoms with van der Waals surface area (Å²) in [5.74, 6) is 0. The zero-order chi connectivity index (χ0) is 15.9. The van der Waals surface area contributed by atoms with Crippen molar-refractivity contribution < 1.29 is 13.2 Å². The molecule has 1 atom stereocenters. The van der Waals surface area contributed by atoms with Gasteiger partial charge in [0, 0.05) is 18.6 Å². The lowest BCUT2D eigenvalue weighted by molar-refractivity contribution is -0.149. The molecule has 21 heavy (non-hydrogen) atoms. The average Bonchev–Trinajstić information content (AvgIpc) is 2.41. The van der Waals surface area contributed by atoms with Gasteiger partial charge < -0.3 is 5.32 Å². The van der Waals surface area contributed by atoms with Crippen molar-refractivity contribution in [3.8, 4) is 0 Å². The maximum atomic E-state index is 12.6. The second kappa shape index (κ2) is 8.39. The van der Waals surface area contributed by atoms with E-state index in [0.29, 0.717) is 13.0 Å². The second-order valence-corrected chi connectivity index (χ2v) is 5.49. The number of nitrogens with zero attached hydrogens (tertiary/aromatic N) is 1. The van der Waals surface area contributed by atoms with Gasteiger partial charge in [-0.15, -0.1) is 0 Å². The molecule has 0 radical (unpaired) electrons. The Morgan fingerprint density at radius 1 is 1.14 bits per heavy atom. The average molecular weight is 302 g/mol. The van der Waals surface area contributed by atoms with E-state index < -0.39 is 12.7 Å². The number of hydrogen-bond donors (Lipinski definition) is 1. The minimum atomic E-state index is -4.15. The molecule has 0 spiro atoms. The maximum absolute atomic E-state index is 12.6. The summed E-state index contributed by atoms with van der Waals surface area (Å²) in [7, 11) is 0. The van der Waals surface area contributed by atoms with Crippen LogP contribution >= 0.6 is 0 Å². The summed E-state index contributed by atoms with van der Waals surface area (Å²) in [6.07, 6.45) is -3.49. The smallest absolute Gasteiger partial charge is 0.310 e. The van der Waals surface area contributed by atoms with Crippen LogP contribution < -0.4 is 5.32 Å². The molecule has 1 unspecified atom stereocenters. The number of halogens is 3. The minimum absolute atomic E-state index is 0.0886. The molecular weight excluding hydrogens is 277 g/mol. The molecule has 0 aliphatic heterocycles. The predicted molar refractivity (Wildman–Crippen MR) is 80.2 cm³/mol. The van der Waals surface area contributed by atoms with Crippen LogP contribution in [0.3, 0.4) is 0 Å². The first-order chi connectivity index (χ1) is 9.83. The third kappa shape index (κ3) is 6.96. The molecule has 0 aliphatic carbocycles. The van der Waals surface area contributed by atoms with E-state index in [9.17, 15) is 13.2 Å². The Morgan fingerprint density at radius 3 is 2.24 bits per heavy atom. The topological polar surface area (TPSA) is 15.3 Å². The Bertz CT molecular complexity index is 390. The summed E-state index contributed by atoms with van der Waals surface area (Å²) in [6.45, 7) is 5.97. The van der Waals surface area contributed by atoms with Gasteiger partial charge in [-0.3, -0.25) is 4.90 Å². The monoisotopic (exact) mass is 302 g/mol. The third-order valence-corrected chi connectivity index (χ3v) is 3.47. The normalized spacial score (nSPS) is 13.9. The van der Waals surface area contributed by atoms with E-state index in [0.717, 1.165) is 12.1 Å². The van der Waals surface area contributed by atoms with Crippen LogP contribution in [0.25, 0.3) is 0 Å². The predicted octanol–water partition coefficient (Wildman–Crippen LogP) is 4.00. The van der Waals surface area contributed by atoms with E-state index in [2.05, 4.69) is 5.32 Å². The molecule has 0 saturated heterocycles. The number of alkyl halides is 3. The highest BCUT2D eigenvalue weighted by atomic mass is 19.4. The van der Waals surface area contributed by atoms with Crippen molar-refractivity contribution in [2.45, 2.75) is 45.5 Å².